The lowest BCUT2D eigenvalue weighted by Crippen LogP contribution is -2.34. The van der Waals surface area contributed by atoms with Gasteiger partial charge in [-0.3, -0.25) is 9.69 Å². The summed E-state index contributed by atoms with van der Waals surface area (Å²) in [4.78, 5) is 14.6. The second-order valence-electron chi connectivity index (χ2n) is 5.17. The zero-order chi connectivity index (χ0) is 15.0. The Hall–Kier alpha value is -1.35. The van der Waals surface area contributed by atoms with Crippen LogP contribution in [0.3, 0.4) is 0 Å². The summed E-state index contributed by atoms with van der Waals surface area (Å²) < 4.78 is 5.17. The van der Waals surface area contributed by atoms with E-state index in [0.717, 1.165) is 24.4 Å². The molecule has 0 saturated carbocycles. The molecule has 1 rings (SSSR count). The summed E-state index contributed by atoms with van der Waals surface area (Å²) in [5.41, 5.74) is 0.729. The number of carbonyl (C=O) groups is 1. The summed E-state index contributed by atoms with van der Waals surface area (Å²) in [5, 5.41) is 0. The van der Waals surface area contributed by atoms with E-state index in [9.17, 15) is 4.79 Å². The maximum atomic E-state index is 12.3. The Balaban J connectivity index is 2.66. The molecule has 0 spiro atoms. The van der Waals surface area contributed by atoms with Crippen LogP contribution in [0, 0.1) is 5.92 Å². The van der Waals surface area contributed by atoms with Crippen LogP contribution in [0.25, 0.3) is 0 Å². The maximum Gasteiger partial charge on any atom is 0.176 e. The van der Waals surface area contributed by atoms with Gasteiger partial charge < -0.3 is 4.74 Å². The summed E-state index contributed by atoms with van der Waals surface area (Å²) in [6.07, 6.45) is 2.33. The molecule has 0 aliphatic rings. The number of hydrogen-bond donors (Lipinski definition) is 0. The molecule has 0 aliphatic heterocycles. The molecule has 20 heavy (non-hydrogen) atoms. The van der Waals surface area contributed by atoms with Crippen LogP contribution in [0.4, 0.5) is 0 Å². The second kappa shape index (κ2) is 8.75. The average Bonchev–Trinajstić information content (AvgIpc) is 2.51. The van der Waals surface area contributed by atoms with Gasteiger partial charge in [0.2, 0.25) is 0 Å². The lowest BCUT2D eigenvalue weighted by molar-refractivity contribution is 0.0920. The standard InChI is InChI=1S/C17H27NO2/c1-5-14(6-2)12-18(7-3)13-17(19)15-9-8-10-16(11-15)20-4/h8-11,14H,5-7,12-13H2,1-4H3. The first-order chi connectivity index (χ1) is 9.64. The van der Waals surface area contributed by atoms with Crippen LogP contribution in [-0.2, 0) is 0 Å². The number of likely N-dealkylation sites (N-methyl/N-ethyl adjacent to an activating group) is 1. The Morgan fingerprint density at radius 3 is 2.50 bits per heavy atom. The number of nitrogens with zero attached hydrogens (tertiary/aromatic N) is 1. The van der Waals surface area contributed by atoms with Gasteiger partial charge in [0.15, 0.2) is 5.78 Å². The topological polar surface area (TPSA) is 29.5 Å². The van der Waals surface area contributed by atoms with Gasteiger partial charge in [0.1, 0.15) is 5.75 Å². The van der Waals surface area contributed by atoms with Crippen LogP contribution in [0.2, 0.25) is 0 Å². The Bertz CT molecular complexity index is 413. The van der Waals surface area contributed by atoms with Crippen LogP contribution in [0.15, 0.2) is 24.3 Å². The van der Waals surface area contributed by atoms with Crippen LogP contribution in [0.1, 0.15) is 44.0 Å². The van der Waals surface area contributed by atoms with E-state index in [1.54, 1.807) is 7.11 Å². The third-order valence-electron chi connectivity index (χ3n) is 3.88. The first-order valence-electron chi connectivity index (χ1n) is 7.54. The van der Waals surface area contributed by atoms with E-state index in [2.05, 4.69) is 25.7 Å². The number of hydrogen-bond acceptors (Lipinski definition) is 3. The van der Waals surface area contributed by atoms with Crippen molar-refractivity contribution in [1.82, 2.24) is 4.90 Å². The minimum atomic E-state index is 0.164. The van der Waals surface area contributed by atoms with Crippen molar-refractivity contribution in [2.45, 2.75) is 33.6 Å². The number of ether oxygens (including phenoxy) is 1. The molecule has 0 heterocycles. The zero-order valence-corrected chi connectivity index (χ0v) is 13.2. The van der Waals surface area contributed by atoms with Gasteiger partial charge in [-0.2, -0.15) is 0 Å². The highest BCUT2D eigenvalue weighted by Crippen LogP contribution is 2.14. The van der Waals surface area contributed by atoms with Gasteiger partial charge in [0, 0.05) is 12.1 Å². The van der Waals surface area contributed by atoms with Crippen LogP contribution < -0.4 is 4.74 Å². The molecular weight excluding hydrogens is 250 g/mol. The molecule has 0 bridgehead atoms. The molecule has 0 aromatic heterocycles. The Morgan fingerprint density at radius 1 is 1.25 bits per heavy atom. The van der Waals surface area contributed by atoms with Crippen molar-refractivity contribution >= 4 is 5.78 Å². The molecular formula is C17H27NO2. The van der Waals surface area contributed by atoms with Crippen molar-refractivity contribution < 1.29 is 9.53 Å². The summed E-state index contributed by atoms with van der Waals surface area (Å²) in [6, 6.07) is 7.39. The van der Waals surface area contributed by atoms with E-state index in [1.807, 2.05) is 24.3 Å². The van der Waals surface area contributed by atoms with Gasteiger partial charge in [-0.15, -0.1) is 0 Å². The van der Waals surface area contributed by atoms with Crippen molar-refractivity contribution in [3.8, 4) is 5.75 Å². The molecule has 1 aromatic carbocycles. The van der Waals surface area contributed by atoms with Crippen LogP contribution in [-0.4, -0.2) is 37.4 Å². The van der Waals surface area contributed by atoms with E-state index >= 15 is 0 Å². The highest BCUT2D eigenvalue weighted by Gasteiger charge is 2.15. The highest BCUT2D eigenvalue weighted by atomic mass is 16.5. The first kappa shape index (κ1) is 16.7. The molecule has 0 unspecified atom stereocenters. The lowest BCUT2D eigenvalue weighted by Gasteiger charge is -2.24. The van der Waals surface area contributed by atoms with Crippen molar-refractivity contribution in [1.29, 1.82) is 0 Å². The van der Waals surface area contributed by atoms with Crippen LogP contribution in [0.5, 0.6) is 5.75 Å². The molecule has 3 heteroatoms. The fourth-order valence-electron chi connectivity index (χ4n) is 2.31. The van der Waals surface area contributed by atoms with E-state index in [0.29, 0.717) is 12.5 Å². The van der Waals surface area contributed by atoms with E-state index < -0.39 is 0 Å². The van der Waals surface area contributed by atoms with Gasteiger partial charge in [0.25, 0.3) is 0 Å². The average molecular weight is 277 g/mol. The van der Waals surface area contributed by atoms with Crippen molar-refractivity contribution in [3.63, 3.8) is 0 Å². The first-order valence-corrected chi connectivity index (χ1v) is 7.54. The van der Waals surface area contributed by atoms with Gasteiger partial charge in [-0.1, -0.05) is 45.7 Å². The van der Waals surface area contributed by atoms with Gasteiger partial charge in [-0.05, 0) is 24.6 Å². The largest absolute Gasteiger partial charge is 0.497 e. The van der Waals surface area contributed by atoms with Crippen molar-refractivity contribution in [2.24, 2.45) is 5.92 Å². The van der Waals surface area contributed by atoms with Crippen molar-refractivity contribution in [2.75, 3.05) is 26.7 Å². The number of carbonyl (C=O) groups excluding carboxylic acids is 1. The molecule has 0 aliphatic carbocycles. The number of ketones is 1. The third-order valence-corrected chi connectivity index (χ3v) is 3.88. The quantitative estimate of drug-likeness (QED) is 0.645. The van der Waals surface area contributed by atoms with Gasteiger partial charge in [-0.25, -0.2) is 0 Å². The predicted molar refractivity (Wildman–Crippen MR) is 83.5 cm³/mol. The summed E-state index contributed by atoms with van der Waals surface area (Å²) >= 11 is 0. The predicted octanol–water partition coefficient (Wildman–Crippen LogP) is 3.64. The normalized spacial score (nSPS) is 11.1. The Labute approximate surface area is 122 Å². The third kappa shape index (κ3) is 4.97. The van der Waals surface area contributed by atoms with Gasteiger partial charge in [0.05, 0.1) is 13.7 Å². The Morgan fingerprint density at radius 2 is 1.95 bits per heavy atom. The van der Waals surface area contributed by atoms with E-state index in [-0.39, 0.29) is 5.78 Å². The van der Waals surface area contributed by atoms with Crippen molar-refractivity contribution in [3.05, 3.63) is 29.8 Å². The lowest BCUT2D eigenvalue weighted by atomic mass is 10.0. The maximum absolute atomic E-state index is 12.3. The Kier molecular flexibility index (Phi) is 7.31. The number of Topliss-reactive ketones (excluding diaryl/α,β-unsaturated/α-hetero) is 1. The molecule has 0 radical (unpaired) electrons. The monoisotopic (exact) mass is 277 g/mol. The minimum absolute atomic E-state index is 0.164. The zero-order valence-electron chi connectivity index (χ0n) is 13.2. The summed E-state index contributed by atoms with van der Waals surface area (Å²) in [5.74, 6) is 1.57. The number of methoxy groups -OCH3 is 1. The fraction of sp³-hybridized carbons (Fsp3) is 0.588. The van der Waals surface area contributed by atoms with E-state index in [4.69, 9.17) is 4.74 Å². The molecule has 3 nitrogen and oxygen atoms in total. The molecule has 0 fully saturated rings. The molecule has 1 aromatic rings. The molecule has 0 atom stereocenters. The van der Waals surface area contributed by atoms with E-state index in [1.165, 1.54) is 12.8 Å². The summed E-state index contributed by atoms with van der Waals surface area (Å²) in [6.45, 7) is 8.94. The number of rotatable bonds is 9. The highest BCUT2D eigenvalue weighted by molar-refractivity contribution is 5.97. The minimum Gasteiger partial charge on any atom is -0.497 e. The molecule has 0 saturated heterocycles. The second-order valence-corrected chi connectivity index (χ2v) is 5.17. The van der Waals surface area contributed by atoms with Gasteiger partial charge >= 0.3 is 0 Å². The molecule has 112 valence electrons. The SMILES string of the molecule is CCC(CC)CN(CC)CC(=O)c1cccc(OC)c1. The smallest absolute Gasteiger partial charge is 0.176 e. The van der Waals surface area contributed by atoms with Crippen LogP contribution >= 0.6 is 0 Å². The molecule has 0 amide bonds. The number of benzene rings is 1. The summed E-state index contributed by atoms with van der Waals surface area (Å²) in [7, 11) is 1.62. The molecule has 0 N–H and O–H groups in total. The fourth-order valence-corrected chi connectivity index (χ4v) is 2.31.